The van der Waals surface area contributed by atoms with Crippen LogP contribution in [0.3, 0.4) is 0 Å². The average molecular weight is 487 g/mol. The zero-order valence-electron chi connectivity index (χ0n) is 14.8. The summed E-state index contributed by atoms with van der Waals surface area (Å²) < 4.78 is 42.5. The zero-order valence-corrected chi connectivity index (χ0v) is 17.2. The van der Waals surface area contributed by atoms with Gasteiger partial charge in [-0.1, -0.05) is 0 Å². The first-order chi connectivity index (χ1) is 11.9. The van der Waals surface area contributed by atoms with Gasteiger partial charge in [0.2, 0.25) is 5.88 Å². The van der Waals surface area contributed by atoms with Crippen molar-refractivity contribution in [1.29, 1.82) is 0 Å². The molecular weight excluding hydrogens is 462 g/mol. The average Bonchev–Trinajstić information content (AvgIpc) is 2.98. The molecule has 1 aliphatic rings. The lowest BCUT2D eigenvalue weighted by Crippen LogP contribution is -2.45. The monoisotopic (exact) mass is 487 g/mol. The predicted octanol–water partition coefficient (Wildman–Crippen LogP) is 2.40. The molecular formula is C16H25F3IN5O. The maximum Gasteiger partial charge on any atom is 0.401 e. The van der Waals surface area contributed by atoms with E-state index in [1.807, 2.05) is 13.0 Å². The number of pyridine rings is 1. The van der Waals surface area contributed by atoms with Gasteiger partial charge < -0.3 is 15.4 Å². The zero-order chi connectivity index (χ0) is 18.3. The van der Waals surface area contributed by atoms with Crippen molar-refractivity contribution in [2.24, 2.45) is 4.99 Å². The summed E-state index contributed by atoms with van der Waals surface area (Å²) in [7, 11) is 1.55. The third-order valence-corrected chi connectivity index (χ3v) is 3.79. The minimum Gasteiger partial charge on any atom is -0.481 e. The molecule has 0 saturated carbocycles. The molecule has 0 bridgehead atoms. The number of rotatable bonds is 6. The van der Waals surface area contributed by atoms with Crippen molar-refractivity contribution in [2.45, 2.75) is 32.1 Å². The molecule has 0 aliphatic carbocycles. The van der Waals surface area contributed by atoms with Crippen molar-refractivity contribution >= 4 is 29.9 Å². The first-order valence-electron chi connectivity index (χ1n) is 8.22. The number of aliphatic imine (C=N–C) groups is 1. The fourth-order valence-electron chi connectivity index (χ4n) is 2.69. The van der Waals surface area contributed by atoms with Crippen molar-refractivity contribution in [1.82, 2.24) is 20.5 Å². The van der Waals surface area contributed by atoms with Crippen LogP contribution < -0.4 is 15.4 Å². The van der Waals surface area contributed by atoms with Gasteiger partial charge in [-0.3, -0.25) is 4.90 Å². The summed E-state index contributed by atoms with van der Waals surface area (Å²) in [5.74, 6) is 1.11. The molecule has 1 fully saturated rings. The first kappa shape index (κ1) is 22.7. The summed E-state index contributed by atoms with van der Waals surface area (Å²) in [6.07, 6.45) is -1.85. The fourth-order valence-corrected chi connectivity index (χ4v) is 2.69. The van der Waals surface area contributed by atoms with Gasteiger partial charge in [-0.15, -0.1) is 24.0 Å². The lowest BCUT2D eigenvalue weighted by atomic mass is 10.2. The quantitative estimate of drug-likeness (QED) is 0.367. The maximum absolute atomic E-state index is 12.5. The summed E-state index contributed by atoms with van der Waals surface area (Å²) in [5, 5.41) is 6.34. The summed E-state index contributed by atoms with van der Waals surface area (Å²) in [6, 6.07) is 3.59. The lowest BCUT2D eigenvalue weighted by molar-refractivity contribution is -0.143. The molecule has 26 heavy (non-hydrogen) atoms. The van der Waals surface area contributed by atoms with Gasteiger partial charge in [-0.05, 0) is 25.0 Å². The van der Waals surface area contributed by atoms with E-state index in [1.165, 1.54) is 4.90 Å². The summed E-state index contributed by atoms with van der Waals surface area (Å²) in [6.45, 7) is 2.95. The number of nitrogens with zero attached hydrogens (tertiary/aromatic N) is 3. The second-order valence-corrected chi connectivity index (χ2v) is 5.88. The number of likely N-dealkylation sites (tertiary alicyclic amines) is 1. The Morgan fingerprint density at radius 2 is 2.23 bits per heavy atom. The Hall–Kier alpha value is -1.30. The summed E-state index contributed by atoms with van der Waals surface area (Å²) in [4.78, 5) is 9.95. The topological polar surface area (TPSA) is 61.8 Å². The number of nitrogens with one attached hydrogen (secondary N) is 2. The van der Waals surface area contributed by atoms with Crippen LogP contribution in [0, 0.1) is 0 Å². The van der Waals surface area contributed by atoms with Gasteiger partial charge in [0, 0.05) is 37.9 Å². The van der Waals surface area contributed by atoms with Crippen molar-refractivity contribution in [3.8, 4) is 5.88 Å². The van der Waals surface area contributed by atoms with Crippen LogP contribution in [-0.4, -0.2) is 61.4 Å². The molecule has 2 heterocycles. The fraction of sp³-hybridized carbons (Fsp3) is 0.625. The molecule has 0 radical (unpaired) electrons. The number of halogens is 4. The Balaban J connectivity index is 0.00000338. The standard InChI is InChI=1S/C16H24F3N5O.HI/c1-3-20-15(22-9-12-4-6-21-14(8-12)25-2)23-13-5-7-24(10-13)11-16(17,18)19;/h4,6,8,13H,3,5,7,9-11H2,1-2H3,(H2,20,22,23);1H. The molecule has 1 aromatic heterocycles. The minimum atomic E-state index is -4.16. The molecule has 2 rings (SSSR count). The van der Waals surface area contributed by atoms with Crippen molar-refractivity contribution in [2.75, 3.05) is 33.3 Å². The highest BCUT2D eigenvalue weighted by Crippen LogP contribution is 2.20. The highest BCUT2D eigenvalue weighted by molar-refractivity contribution is 14.0. The molecule has 1 atom stereocenters. The van der Waals surface area contributed by atoms with E-state index in [-0.39, 0.29) is 30.0 Å². The van der Waals surface area contributed by atoms with Crippen LogP contribution in [0.25, 0.3) is 0 Å². The van der Waals surface area contributed by atoms with Gasteiger partial charge >= 0.3 is 6.18 Å². The molecule has 0 spiro atoms. The van der Waals surface area contributed by atoms with E-state index in [0.29, 0.717) is 44.4 Å². The van der Waals surface area contributed by atoms with Crippen LogP contribution in [0.15, 0.2) is 23.3 Å². The van der Waals surface area contributed by atoms with Crippen LogP contribution in [0.1, 0.15) is 18.9 Å². The molecule has 10 heteroatoms. The Bertz CT molecular complexity index is 585. The van der Waals surface area contributed by atoms with E-state index in [9.17, 15) is 13.2 Å². The number of methoxy groups -OCH3 is 1. The van der Waals surface area contributed by atoms with Gasteiger partial charge in [0.25, 0.3) is 0 Å². The van der Waals surface area contributed by atoms with Gasteiger partial charge in [0.05, 0.1) is 20.2 Å². The second kappa shape index (κ2) is 10.8. The number of ether oxygens (including phenoxy) is 1. The SMILES string of the molecule is CCNC(=NCc1ccnc(OC)c1)NC1CCN(CC(F)(F)F)C1.I. The number of hydrogen-bond acceptors (Lipinski definition) is 4. The lowest BCUT2D eigenvalue weighted by Gasteiger charge is -2.19. The number of alkyl halides is 3. The first-order valence-corrected chi connectivity index (χ1v) is 8.22. The van der Waals surface area contributed by atoms with E-state index in [4.69, 9.17) is 4.74 Å². The largest absolute Gasteiger partial charge is 0.481 e. The molecule has 0 aromatic carbocycles. The third kappa shape index (κ3) is 7.94. The Labute approximate surface area is 168 Å². The van der Waals surface area contributed by atoms with E-state index in [1.54, 1.807) is 19.4 Å². The molecule has 1 aliphatic heterocycles. The highest BCUT2D eigenvalue weighted by atomic mass is 127. The molecule has 148 valence electrons. The molecule has 1 saturated heterocycles. The predicted molar refractivity (Wildman–Crippen MR) is 105 cm³/mol. The van der Waals surface area contributed by atoms with E-state index in [2.05, 4.69) is 20.6 Å². The van der Waals surface area contributed by atoms with Gasteiger partial charge in [0.1, 0.15) is 0 Å². The van der Waals surface area contributed by atoms with Crippen LogP contribution in [0.2, 0.25) is 0 Å². The van der Waals surface area contributed by atoms with E-state index in [0.717, 1.165) is 5.56 Å². The second-order valence-electron chi connectivity index (χ2n) is 5.88. The Morgan fingerprint density at radius 3 is 2.88 bits per heavy atom. The van der Waals surface area contributed by atoms with Crippen LogP contribution in [0.5, 0.6) is 5.88 Å². The third-order valence-electron chi connectivity index (χ3n) is 3.79. The van der Waals surface area contributed by atoms with E-state index < -0.39 is 12.7 Å². The molecule has 6 nitrogen and oxygen atoms in total. The van der Waals surface area contributed by atoms with Crippen molar-refractivity contribution < 1.29 is 17.9 Å². The highest BCUT2D eigenvalue weighted by Gasteiger charge is 2.34. The molecule has 2 N–H and O–H groups in total. The molecule has 0 amide bonds. The van der Waals surface area contributed by atoms with Crippen LogP contribution >= 0.6 is 24.0 Å². The van der Waals surface area contributed by atoms with Crippen molar-refractivity contribution in [3.05, 3.63) is 23.9 Å². The van der Waals surface area contributed by atoms with Crippen molar-refractivity contribution in [3.63, 3.8) is 0 Å². The molecule has 1 aromatic rings. The maximum atomic E-state index is 12.5. The Morgan fingerprint density at radius 1 is 1.46 bits per heavy atom. The smallest absolute Gasteiger partial charge is 0.401 e. The van der Waals surface area contributed by atoms with Crippen LogP contribution in [0.4, 0.5) is 13.2 Å². The number of aromatic nitrogens is 1. The van der Waals surface area contributed by atoms with Gasteiger partial charge in [0.15, 0.2) is 5.96 Å². The Kier molecular flexibility index (Phi) is 9.41. The minimum absolute atomic E-state index is 0. The normalized spacial score (nSPS) is 18.3. The van der Waals surface area contributed by atoms with Crippen LogP contribution in [-0.2, 0) is 6.54 Å². The number of hydrogen-bond donors (Lipinski definition) is 2. The summed E-state index contributed by atoms with van der Waals surface area (Å²) >= 11 is 0. The van der Waals surface area contributed by atoms with Gasteiger partial charge in [-0.2, -0.15) is 13.2 Å². The van der Waals surface area contributed by atoms with Gasteiger partial charge in [-0.25, -0.2) is 9.98 Å². The molecule has 1 unspecified atom stereocenters. The number of guanidine groups is 1. The van der Waals surface area contributed by atoms with E-state index >= 15 is 0 Å². The summed E-state index contributed by atoms with van der Waals surface area (Å²) in [5.41, 5.74) is 0.939.